The Labute approximate surface area is 110 Å². The number of benzene rings is 1. The third-order valence-electron chi connectivity index (χ3n) is 2.36. The fourth-order valence-corrected chi connectivity index (χ4v) is 1.55. The second-order valence-electron chi connectivity index (χ2n) is 3.85. The number of aromatic nitrogens is 2. The van der Waals surface area contributed by atoms with Crippen LogP contribution in [0.3, 0.4) is 0 Å². The first kappa shape index (κ1) is 12.8. The summed E-state index contributed by atoms with van der Waals surface area (Å²) in [5.74, 6) is 0.773. The van der Waals surface area contributed by atoms with Gasteiger partial charge in [-0.1, -0.05) is 0 Å². The average Bonchev–Trinajstić information content (AvgIpc) is 2.39. The van der Waals surface area contributed by atoms with E-state index < -0.39 is 0 Å². The van der Waals surface area contributed by atoms with Crippen LogP contribution in [0.15, 0.2) is 30.3 Å². The maximum atomic E-state index is 8.72. The highest BCUT2D eigenvalue weighted by atomic mass is 16.5. The SMILES string of the molecule is COCc1cc(N)nc(Nc2ccc(C#N)cc2)n1. The Morgan fingerprint density at radius 1 is 1.32 bits per heavy atom. The van der Waals surface area contributed by atoms with Gasteiger partial charge in [0.15, 0.2) is 0 Å². The summed E-state index contributed by atoms with van der Waals surface area (Å²) in [6.45, 7) is 0.370. The van der Waals surface area contributed by atoms with Gasteiger partial charge in [-0.05, 0) is 24.3 Å². The number of nitrogens with one attached hydrogen (secondary N) is 1. The van der Waals surface area contributed by atoms with Crippen LogP contribution in [-0.4, -0.2) is 17.1 Å². The van der Waals surface area contributed by atoms with E-state index in [1.54, 1.807) is 37.4 Å². The maximum Gasteiger partial charge on any atom is 0.229 e. The molecule has 19 heavy (non-hydrogen) atoms. The summed E-state index contributed by atoms with van der Waals surface area (Å²) in [6.07, 6.45) is 0. The van der Waals surface area contributed by atoms with E-state index in [4.69, 9.17) is 15.7 Å². The van der Waals surface area contributed by atoms with Gasteiger partial charge in [-0.3, -0.25) is 0 Å². The van der Waals surface area contributed by atoms with E-state index in [0.29, 0.717) is 29.6 Å². The fraction of sp³-hybridized carbons (Fsp3) is 0.154. The standard InChI is InChI=1S/C13H13N5O/c1-19-8-11-6-12(15)18-13(17-11)16-10-4-2-9(7-14)3-5-10/h2-6H,8H2,1H3,(H3,15,16,17,18). The van der Waals surface area contributed by atoms with Crippen molar-refractivity contribution in [1.82, 2.24) is 9.97 Å². The first-order valence-corrected chi connectivity index (χ1v) is 5.61. The number of hydrogen-bond acceptors (Lipinski definition) is 6. The highest BCUT2D eigenvalue weighted by molar-refractivity contribution is 5.56. The number of methoxy groups -OCH3 is 1. The van der Waals surface area contributed by atoms with E-state index >= 15 is 0 Å². The summed E-state index contributed by atoms with van der Waals surface area (Å²) >= 11 is 0. The zero-order chi connectivity index (χ0) is 13.7. The van der Waals surface area contributed by atoms with Crippen LogP contribution in [0.2, 0.25) is 0 Å². The normalized spacial score (nSPS) is 9.89. The van der Waals surface area contributed by atoms with Gasteiger partial charge in [-0.15, -0.1) is 0 Å². The highest BCUT2D eigenvalue weighted by Gasteiger charge is 2.03. The molecule has 0 aliphatic carbocycles. The van der Waals surface area contributed by atoms with Crippen molar-refractivity contribution < 1.29 is 4.74 Å². The molecule has 3 N–H and O–H groups in total. The third-order valence-corrected chi connectivity index (χ3v) is 2.36. The lowest BCUT2D eigenvalue weighted by Crippen LogP contribution is -2.04. The molecule has 0 unspecified atom stereocenters. The van der Waals surface area contributed by atoms with Gasteiger partial charge < -0.3 is 15.8 Å². The minimum atomic E-state index is 0.370. The number of nitriles is 1. The van der Waals surface area contributed by atoms with Crippen LogP contribution in [0.4, 0.5) is 17.5 Å². The van der Waals surface area contributed by atoms with Crippen molar-refractivity contribution in [1.29, 1.82) is 5.26 Å². The largest absolute Gasteiger partial charge is 0.384 e. The van der Waals surface area contributed by atoms with E-state index in [0.717, 1.165) is 5.69 Å². The van der Waals surface area contributed by atoms with Gasteiger partial charge in [0.25, 0.3) is 0 Å². The smallest absolute Gasteiger partial charge is 0.229 e. The van der Waals surface area contributed by atoms with Crippen LogP contribution in [0, 0.1) is 11.3 Å². The molecule has 0 aliphatic heterocycles. The lowest BCUT2D eigenvalue weighted by atomic mass is 10.2. The van der Waals surface area contributed by atoms with Gasteiger partial charge in [-0.25, -0.2) is 4.98 Å². The molecule has 2 aromatic rings. The van der Waals surface area contributed by atoms with Crippen molar-refractivity contribution in [2.45, 2.75) is 6.61 Å². The molecule has 1 heterocycles. The highest BCUT2D eigenvalue weighted by Crippen LogP contribution is 2.15. The molecule has 6 heteroatoms. The van der Waals surface area contributed by atoms with Crippen LogP contribution in [0.1, 0.15) is 11.3 Å². The van der Waals surface area contributed by atoms with E-state index in [1.807, 2.05) is 0 Å². The zero-order valence-electron chi connectivity index (χ0n) is 10.4. The molecule has 0 aliphatic rings. The number of ether oxygens (including phenoxy) is 1. The van der Waals surface area contributed by atoms with Gasteiger partial charge in [-0.2, -0.15) is 10.2 Å². The molecule has 2 rings (SSSR count). The molecule has 1 aromatic carbocycles. The fourth-order valence-electron chi connectivity index (χ4n) is 1.55. The maximum absolute atomic E-state index is 8.72. The summed E-state index contributed by atoms with van der Waals surface area (Å²) in [5.41, 5.74) is 7.78. The lowest BCUT2D eigenvalue weighted by Gasteiger charge is -2.07. The number of rotatable bonds is 4. The summed E-state index contributed by atoms with van der Waals surface area (Å²) in [5, 5.41) is 11.8. The Kier molecular flexibility index (Phi) is 3.90. The monoisotopic (exact) mass is 255 g/mol. The first-order chi connectivity index (χ1) is 9.21. The van der Waals surface area contributed by atoms with Gasteiger partial charge >= 0.3 is 0 Å². The van der Waals surface area contributed by atoms with Crippen LogP contribution in [-0.2, 0) is 11.3 Å². The number of anilines is 3. The van der Waals surface area contributed by atoms with Crippen molar-refractivity contribution in [2.75, 3.05) is 18.2 Å². The van der Waals surface area contributed by atoms with Crippen molar-refractivity contribution in [3.05, 3.63) is 41.6 Å². The molecule has 0 atom stereocenters. The zero-order valence-corrected chi connectivity index (χ0v) is 10.4. The number of nitrogens with zero attached hydrogens (tertiary/aromatic N) is 3. The molecular weight excluding hydrogens is 242 g/mol. The molecule has 1 aromatic heterocycles. The summed E-state index contributed by atoms with van der Waals surface area (Å²) in [7, 11) is 1.59. The number of hydrogen-bond donors (Lipinski definition) is 2. The second-order valence-corrected chi connectivity index (χ2v) is 3.85. The van der Waals surface area contributed by atoms with Gasteiger partial charge in [0.05, 0.1) is 23.9 Å². The molecule has 0 saturated carbocycles. The molecular formula is C13H13N5O. The van der Waals surface area contributed by atoms with Crippen molar-refractivity contribution in [3.63, 3.8) is 0 Å². The number of nitrogens with two attached hydrogens (primary N) is 1. The second kappa shape index (κ2) is 5.80. The molecule has 0 spiro atoms. The molecule has 0 saturated heterocycles. The molecule has 6 nitrogen and oxygen atoms in total. The minimum absolute atomic E-state index is 0.370. The number of nitrogen functional groups attached to an aromatic ring is 1. The Hall–Kier alpha value is -2.65. The quantitative estimate of drug-likeness (QED) is 0.864. The predicted octanol–water partition coefficient (Wildman–Crippen LogP) is 1.82. The topological polar surface area (TPSA) is 96.9 Å². The molecule has 96 valence electrons. The summed E-state index contributed by atoms with van der Waals surface area (Å²) in [6, 6.07) is 10.7. The average molecular weight is 255 g/mol. The van der Waals surface area contributed by atoms with Gasteiger partial charge in [0.1, 0.15) is 5.82 Å². The molecule has 0 amide bonds. The minimum Gasteiger partial charge on any atom is -0.384 e. The Balaban J connectivity index is 2.20. The lowest BCUT2D eigenvalue weighted by molar-refractivity contribution is 0.181. The predicted molar refractivity (Wildman–Crippen MR) is 71.6 cm³/mol. The summed E-state index contributed by atoms with van der Waals surface area (Å²) in [4.78, 5) is 8.36. The Morgan fingerprint density at radius 2 is 2.05 bits per heavy atom. The van der Waals surface area contributed by atoms with E-state index in [1.165, 1.54) is 0 Å². The van der Waals surface area contributed by atoms with E-state index in [2.05, 4.69) is 21.4 Å². The third kappa shape index (κ3) is 3.40. The first-order valence-electron chi connectivity index (χ1n) is 5.61. The van der Waals surface area contributed by atoms with Crippen molar-refractivity contribution >= 4 is 17.5 Å². The van der Waals surface area contributed by atoms with Crippen LogP contribution in [0.5, 0.6) is 0 Å². The van der Waals surface area contributed by atoms with Crippen LogP contribution in [0.25, 0.3) is 0 Å². The summed E-state index contributed by atoms with van der Waals surface area (Å²) < 4.78 is 5.01. The van der Waals surface area contributed by atoms with Crippen LogP contribution < -0.4 is 11.1 Å². The van der Waals surface area contributed by atoms with Crippen molar-refractivity contribution in [3.8, 4) is 6.07 Å². The molecule has 0 fully saturated rings. The van der Waals surface area contributed by atoms with E-state index in [9.17, 15) is 0 Å². The Bertz CT molecular complexity index is 603. The van der Waals surface area contributed by atoms with Gasteiger partial charge in [0, 0.05) is 18.9 Å². The molecule has 0 bridgehead atoms. The molecule has 0 radical (unpaired) electrons. The van der Waals surface area contributed by atoms with E-state index in [-0.39, 0.29) is 0 Å². The van der Waals surface area contributed by atoms with Crippen molar-refractivity contribution in [2.24, 2.45) is 0 Å². The Morgan fingerprint density at radius 3 is 2.68 bits per heavy atom. The van der Waals surface area contributed by atoms with Crippen LogP contribution >= 0.6 is 0 Å². The van der Waals surface area contributed by atoms with Gasteiger partial charge in [0.2, 0.25) is 5.95 Å².